The third kappa shape index (κ3) is 2.00. The van der Waals surface area contributed by atoms with E-state index in [-0.39, 0.29) is 6.10 Å². The monoisotopic (exact) mass is 232 g/mol. The molecule has 1 N–H and O–H groups in total. The summed E-state index contributed by atoms with van der Waals surface area (Å²) in [6.45, 7) is 0. The number of aliphatic hydroxyl groups is 1. The normalized spacial score (nSPS) is 17.8. The first-order valence-corrected chi connectivity index (χ1v) is 6.86. The molecule has 2 heteroatoms. The number of aliphatic hydroxyl groups excluding tert-OH is 1. The van der Waals surface area contributed by atoms with E-state index in [2.05, 4.69) is 29.6 Å². The topological polar surface area (TPSA) is 20.2 Å². The van der Waals surface area contributed by atoms with Crippen LogP contribution < -0.4 is 0 Å². The largest absolute Gasteiger partial charge is 0.393 e. The molecule has 1 nitrogen and oxygen atoms in total. The molecule has 84 valence electrons. The van der Waals surface area contributed by atoms with Crippen molar-refractivity contribution in [2.45, 2.75) is 31.8 Å². The van der Waals surface area contributed by atoms with E-state index in [0.29, 0.717) is 5.92 Å². The van der Waals surface area contributed by atoms with Crippen LogP contribution in [0.15, 0.2) is 29.6 Å². The Labute approximate surface area is 99.7 Å². The van der Waals surface area contributed by atoms with E-state index < -0.39 is 0 Å². The van der Waals surface area contributed by atoms with Crippen LogP contribution in [-0.4, -0.2) is 11.2 Å². The van der Waals surface area contributed by atoms with E-state index >= 15 is 0 Å². The van der Waals surface area contributed by atoms with Gasteiger partial charge in [0.25, 0.3) is 0 Å². The molecular weight excluding hydrogens is 216 g/mol. The quantitative estimate of drug-likeness (QED) is 0.854. The second-order valence-electron chi connectivity index (χ2n) is 4.70. The Bertz CT molecular complexity index is 484. The SMILES string of the molecule is OC(CCc1csc2ccccc12)C1CC1. The molecule has 1 saturated carbocycles. The van der Waals surface area contributed by atoms with Crippen molar-refractivity contribution in [3.05, 3.63) is 35.2 Å². The van der Waals surface area contributed by atoms with Gasteiger partial charge in [0.15, 0.2) is 0 Å². The Morgan fingerprint density at radius 2 is 2.12 bits per heavy atom. The maximum absolute atomic E-state index is 9.86. The van der Waals surface area contributed by atoms with Crippen LogP contribution in [0.5, 0.6) is 0 Å². The van der Waals surface area contributed by atoms with E-state index in [9.17, 15) is 5.11 Å². The van der Waals surface area contributed by atoms with Crippen molar-refractivity contribution in [2.75, 3.05) is 0 Å². The van der Waals surface area contributed by atoms with Gasteiger partial charge in [0.1, 0.15) is 0 Å². The van der Waals surface area contributed by atoms with Gasteiger partial charge in [0.05, 0.1) is 6.10 Å². The smallest absolute Gasteiger partial charge is 0.0571 e. The number of fused-ring (bicyclic) bond motifs is 1. The number of rotatable bonds is 4. The molecule has 1 atom stereocenters. The first-order valence-electron chi connectivity index (χ1n) is 5.98. The van der Waals surface area contributed by atoms with E-state index in [1.165, 1.54) is 28.5 Å². The van der Waals surface area contributed by atoms with Crippen LogP contribution in [0, 0.1) is 5.92 Å². The second-order valence-corrected chi connectivity index (χ2v) is 5.61. The zero-order valence-electron chi connectivity index (χ0n) is 9.23. The number of thiophene rings is 1. The molecule has 0 saturated heterocycles. The van der Waals surface area contributed by atoms with Crippen molar-refractivity contribution < 1.29 is 5.11 Å². The predicted molar refractivity (Wildman–Crippen MR) is 68.9 cm³/mol. The fraction of sp³-hybridized carbons (Fsp3) is 0.429. The summed E-state index contributed by atoms with van der Waals surface area (Å²) < 4.78 is 1.36. The summed E-state index contributed by atoms with van der Waals surface area (Å²) in [7, 11) is 0. The molecule has 1 aromatic heterocycles. The van der Waals surface area contributed by atoms with Crippen LogP contribution in [0.1, 0.15) is 24.8 Å². The fourth-order valence-corrected chi connectivity index (χ4v) is 3.24. The number of hydrogen-bond donors (Lipinski definition) is 1. The van der Waals surface area contributed by atoms with Gasteiger partial charge in [-0.15, -0.1) is 11.3 Å². The van der Waals surface area contributed by atoms with Crippen LogP contribution in [0.4, 0.5) is 0 Å². The highest BCUT2D eigenvalue weighted by atomic mass is 32.1. The van der Waals surface area contributed by atoms with Crippen molar-refractivity contribution in [1.29, 1.82) is 0 Å². The zero-order chi connectivity index (χ0) is 11.0. The van der Waals surface area contributed by atoms with Crippen LogP contribution in [-0.2, 0) is 6.42 Å². The fourth-order valence-electron chi connectivity index (χ4n) is 2.25. The van der Waals surface area contributed by atoms with Gasteiger partial charge in [-0.2, -0.15) is 0 Å². The summed E-state index contributed by atoms with van der Waals surface area (Å²) in [4.78, 5) is 0. The minimum absolute atomic E-state index is 0.0707. The lowest BCUT2D eigenvalue weighted by molar-refractivity contribution is 0.142. The van der Waals surface area contributed by atoms with Gasteiger partial charge in [-0.3, -0.25) is 0 Å². The van der Waals surface area contributed by atoms with Crippen LogP contribution in [0.25, 0.3) is 10.1 Å². The van der Waals surface area contributed by atoms with Crippen LogP contribution in [0.3, 0.4) is 0 Å². The molecule has 0 aliphatic heterocycles. The van der Waals surface area contributed by atoms with Crippen molar-refractivity contribution in [3.8, 4) is 0 Å². The van der Waals surface area contributed by atoms with Gasteiger partial charge < -0.3 is 5.11 Å². The highest BCUT2D eigenvalue weighted by Crippen LogP contribution is 2.35. The highest BCUT2D eigenvalue weighted by molar-refractivity contribution is 7.17. The first kappa shape index (κ1) is 10.3. The van der Waals surface area contributed by atoms with Crippen molar-refractivity contribution in [2.24, 2.45) is 5.92 Å². The van der Waals surface area contributed by atoms with Gasteiger partial charge in [-0.1, -0.05) is 18.2 Å². The molecule has 1 aliphatic rings. The van der Waals surface area contributed by atoms with Gasteiger partial charge in [0.2, 0.25) is 0 Å². The number of aryl methyl sites for hydroxylation is 1. The van der Waals surface area contributed by atoms with E-state index in [4.69, 9.17) is 0 Å². The van der Waals surface area contributed by atoms with Gasteiger partial charge in [-0.05, 0) is 54.0 Å². The van der Waals surface area contributed by atoms with Crippen molar-refractivity contribution in [3.63, 3.8) is 0 Å². The standard InChI is InChI=1S/C14H16OS/c15-13(10-5-6-10)8-7-11-9-16-14-4-2-1-3-12(11)14/h1-4,9-10,13,15H,5-8H2. The first-order chi connectivity index (χ1) is 7.84. The summed E-state index contributed by atoms with van der Waals surface area (Å²) in [5.74, 6) is 0.602. The zero-order valence-corrected chi connectivity index (χ0v) is 10.0. The van der Waals surface area contributed by atoms with Crippen LogP contribution >= 0.6 is 11.3 Å². The molecule has 0 spiro atoms. The van der Waals surface area contributed by atoms with Crippen LogP contribution in [0.2, 0.25) is 0 Å². The lowest BCUT2D eigenvalue weighted by atomic mass is 10.0. The maximum Gasteiger partial charge on any atom is 0.0571 e. The number of hydrogen-bond acceptors (Lipinski definition) is 2. The molecule has 0 radical (unpaired) electrons. The third-order valence-corrected chi connectivity index (χ3v) is 4.45. The molecule has 1 aliphatic carbocycles. The number of benzene rings is 1. The summed E-state index contributed by atoms with van der Waals surface area (Å²) >= 11 is 1.81. The summed E-state index contributed by atoms with van der Waals surface area (Å²) in [5.41, 5.74) is 1.40. The Balaban J connectivity index is 1.73. The molecule has 1 unspecified atom stereocenters. The molecule has 16 heavy (non-hydrogen) atoms. The Morgan fingerprint density at radius 1 is 1.31 bits per heavy atom. The van der Waals surface area contributed by atoms with E-state index in [1.54, 1.807) is 0 Å². The Hall–Kier alpha value is -0.860. The van der Waals surface area contributed by atoms with Gasteiger partial charge in [-0.25, -0.2) is 0 Å². The molecule has 2 aromatic rings. The maximum atomic E-state index is 9.86. The van der Waals surface area contributed by atoms with E-state index in [0.717, 1.165) is 12.8 Å². The van der Waals surface area contributed by atoms with Gasteiger partial charge in [0, 0.05) is 4.70 Å². The van der Waals surface area contributed by atoms with Crippen molar-refractivity contribution >= 4 is 21.4 Å². The average molecular weight is 232 g/mol. The lowest BCUT2D eigenvalue weighted by Crippen LogP contribution is -2.09. The predicted octanol–water partition coefficient (Wildman–Crippen LogP) is 3.60. The summed E-state index contributed by atoms with van der Waals surface area (Å²) in [6, 6.07) is 8.53. The molecule has 1 fully saturated rings. The Kier molecular flexibility index (Phi) is 2.70. The Morgan fingerprint density at radius 3 is 2.94 bits per heavy atom. The molecule has 0 amide bonds. The molecule has 1 aromatic carbocycles. The lowest BCUT2D eigenvalue weighted by Gasteiger charge is -2.07. The average Bonchev–Trinajstić information content (AvgIpc) is 3.08. The van der Waals surface area contributed by atoms with Crippen molar-refractivity contribution in [1.82, 2.24) is 0 Å². The summed E-state index contributed by atoms with van der Waals surface area (Å²) in [6.07, 6.45) is 4.32. The molecule has 0 bridgehead atoms. The second kappa shape index (κ2) is 4.19. The molecular formula is C14H16OS. The molecule has 3 rings (SSSR count). The minimum atomic E-state index is -0.0707. The minimum Gasteiger partial charge on any atom is -0.393 e. The highest BCUT2D eigenvalue weighted by Gasteiger charge is 2.29. The summed E-state index contributed by atoms with van der Waals surface area (Å²) in [5, 5.41) is 13.5. The molecule has 1 heterocycles. The van der Waals surface area contributed by atoms with E-state index in [1.807, 2.05) is 11.3 Å². The third-order valence-electron chi connectivity index (χ3n) is 3.44. The van der Waals surface area contributed by atoms with Gasteiger partial charge >= 0.3 is 0 Å².